The van der Waals surface area contributed by atoms with Gasteiger partial charge in [-0.3, -0.25) is 4.55 Å². The molecule has 0 fully saturated rings. The van der Waals surface area contributed by atoms with Crippen molar-refractivity contribution in [2.75, 3.05) is 0 Å². The number of phenols is 1. The first-order valence-corrected chi connectivity index (χ1v) is 18.8. The maximum absolute atomic E-state index is 11.7. The van der Waals surface area contributed by atoms with Crippen LogP contribution in [0.25, 0.3) is 0 Å². The standard InChI is InChI=1S/2C18H22O5S.Ca/c2*1-2-3-4-5-7-16-17(8-6-9-18(16)24(20,21)22)23-15-12-10-14(19)11-13-15;/h2*6,8-13,19H,2-5,7H2,1H3,(H,20,21,22);/q;;+2/p-2. The van der Waals surface area contributed by atoms with E-state index >= 15 is 0 Å². The van der Waals surface area contributed by atoms with Gasteiger partial charge in [-0.2, -0.15) is 8.42 Å². The average Bonchev–Trinajstić information content (AvgIpc) is 3.04. The molecule has 2 N–H and O–H groups in total. The third-order valence-corrected chi connectivity index (χ3v) is 9.26. The Hall–Kier alpha value is -2.84. The number of hydrogen-bond acceptors (Lipinski definition) is 9. The smallest absolute Gasteiger partial charge is 0.872 e. The van der Waals surface area contributed by atoms with Gasteiger partial charge in [-0.1, -0.05) is 76.6 Å². The van der Waals surface area contributed by atoms with Gasteiger partial charge in [-0.15, -0.1) is 5.75 Å². The number of rotatable bonds is 16. The summed E-state index contributed by atoms with van der Waals surface area (Å²) in [6, 6.07) is 21.0. The van der Waals surface area contributed by atoms with Crippen LogP contribution in [0.4, 0.5) is 0 Å². The van der Waals surface area contributed by atoms with Gasteiger partial charge < -0.3 is 24.2 Å². The summed E-state index contributed by atoms with van der Waals surface area (Å²) < 4.78 is 78.9. The van der Waals surface area contributed by atoms with Gasteiger partial charge in [0.05, 0.1) is 4.90 Å². The second kappa shape index (κ2) is 20.7. The van der Waals surface area contributed by atoms with E-state index in [0.29, 0.717) is 47.0 Å². The predicted molar refractivity (Wildman–Crippen MR) is 186 cm³/mol. The zero-order valence-corrected chi connectivity index (χ0v) is 31.7. The van der Waals surface area contributed by atoms with Crippen molar-refractivity contribution in [2.45, 2.75) is 87.8 Å². The van der Waals surface area contributed by atoms with Crippen molar-refractivity contribution in [3.8, 4) is 34.5 Å². The Kier molecular flexibility index (Phi) is 17.9. The molecule has 49 heavy (non-hydrogen) atoms. The maximum atomic E-state index is 11.7. The topological polar surface area (TPSA) is 173 Å². The molecule has 0 atom stereocenters. The van der Waals surface area contributed by atoms with Crippen LogP contribution in [0.1, 0.15) is 76.3 Å². The van der Waals surface area contributed by atoms with Gasteiger partial charge >= 0.3 is 37.7 Å². The van der Waals surface area contributed by atoms with E-state index in [-0.39, 0.29) is 59.0 Å². The fraction of sp³-hybridized carbons (Fsp3) is 0.333. The van der Waals surface area contributed by atoms with Gasteiger partial charge in [-0.05, 0) is 86.3 Å². The van der Waals surface area contributed by atoms with Gasteiger partial charge in [0.25, 0.3) is 10.1 Å². The van der Waals surface area contributed by atoms with Crippen molar-refractivity contribution >= 4 is 58.0 Å². The molecule has 10 nitrogen and oxygen atoms in total. The minimum absolute atomic E-state index is 0. The molecule has 0 amide bonds. The number of aromatic hydroxyl groups is 1. The van der Waals surface area contributed by atoms with Crippen molar-refractivity contribution < 1.29 is 45.6 Å². The number of unbranched alkanes of at least 4 members (excludes halogenated alkanes) is 6. The molecule has 0 saturated heterocycles. The maximum Gasteiger partial charge on any atom is 2.00 e. The summed E-state index contributed by atoms with van der Waals surface area (Å²) in [5.41, 5.74) is 0.874. The molecule has 0 aromatic heterocycles. The Balaban J connectivity index is 0.000000333. The molecule has 0 heterocycles. The first-order chi connectivity index (χ1) is 22.8. The van der Waals surface area contributed by atoms with Crippen LogP contribution in [0.3, 0.4) is 0 Å². The third-order valence-electron chi connectivity index (χ3n) is 7.40. The summed E-state index contributed by atoms with van der Waals surface area (Å²) in [5, 5.41) is 20.5. The largest absolute Gasteiger partial charge is 2.00 e. The SMILES string of the molecule is CCCCCCc1c(Oc2ccc(O)cc2)cccc1S(=O)(=O)O.CCCCCCc1c(Oc2ccc([O-])cc2)cccc1S(=O)(=O)[O-].[Ca+2]. The first kappa shape index (κ1) is 42.3. The van der Waals surface area contributed by atoms with Crippen molar-refractivity contribution in [2.24, 2.45) is 0 Å². The molecule has 13 heteroatoms. The number of phenolic OH excluding ortho intramolecular Hbond substituents is 1. The number of ether oxygens (including phenoxy) is 2. The molecular formula is C36H42CaO10S2. The average molecular weight is 739 g/mol. The van der Waals surface area contributed by atoms with E-state index in [4.69, 9.17) is 9.47 Å². The number of benzene rings is 4. The molecule has 0 aliphatic rings. The van der Waals surface area contributed by atoms with Gasteiger partial charge in [-0.25, -0.2) is 8.42 Å². The fourth-order valence-electron chi connectivity index (χ4n) is 4.98. The molecule has 0 radical (unpaired) electrons. The van der Waals surface area contributed by atoms with Crippen LogP contribution in [0, 0.1) is 0 Å². The monoisotopic (exact) mass is 738 g/mol. The molecule has 260 valence electrons. The summed E-state index contributed by atoms with van der Waals surface area (Å²) in [6.07, 6.45) is 8.74. The van der Waals surface area contributed by atoms with Crippen LogP contribution in [-0.4, -0.2) is 68.8 Å². The predicted octanol–water partition coefficient (Wildman–Crippen LogP) is 7.75. The summed E-state index contributed by atoms with van der Waals surface area (Å²) in [6.45, 7) is 4.19. The summed E-state index contributed by atoms with van der Waals surface area (Å²) in [4.78, 5) is -0.354. The van der Waals surface area contributed by atoms with Gasteiger partial charge in [0.15, 0.2) is 0 Å². The summed E-state index contributed by atoms with van der Waals surface area (Å²) >= 11 is 0. The fourth-order valence-corrected chi connectivity index (χ4v) is 6.50. The second-order valence-electron chi connectivity index (χ2n) is 11.2. The zero-order chi connectivity index (χ0) is 35.2. The molecule has 0 bridgehead atoms. The molecule has 0 saturated carbocycles. The molecule has 4 aromatic rings. The second-order valence-corrected chi connectivity index (χ2v) is 13.9. The molecular weight excluding hydrogens is 697 g/mol. The van der Waals surface area contributed by atoms with Crippen molar-refractivity contribution in [1.29, 1.82) is 0 Å². The molecule has 4 aromatic carbocycles. The minimum Gasteiger partial charge on any atom is -0.872 e. The Morgan fingerprint density at radius 1 is 0.612 bits per heavy atom. The van der Waals surface area contributed by atoms with Crippen LogP contribution >= 0.6 is 0 Å². The van der Waals surface area contributed by atoms with E-state index in [1.54, 1.807) is 24.3 Å². The van der Waals surface area contributed by atoms with Crippen LogP contribution in [0.5, 0.6) is 34.5 Å². The number of hydrogen-bond donors (Lipinski definition) is 2. The Morgan fingerprint density at radius 2 is 1.04 bits per heavy atom. The molecule has 0 aliphatic heterocycles. The molecule has 4 rings (SSSR count). The van der Waals surface area contributed by atoms with Crippen molar-refractivity contribution in [3.63, 3.8) is 0 Å². The van der Waals surface area contributed by atoms with Gasteiger partial charge in [0.2, 0.25) is 0 Å². The van der Waals surface area contributed by atoms with E-state index in [2.05, 4.69) is 13.8 Å². The van der Waals surface area contributed by atoms with E-state index in [9.17, 15) is 36.2 Å². The van der Waals surface area contributed by atoms with Crippen LogP contribution in [-0.2, 0) is 33.1 Å². The molecule has 0 unspecified atom stereocenters. The Labute approximate surface area is 319 Å². The van der Waals surface area contributed by atoms with E-state index in [0.717, 1.165) is 51.4 Å². The van der Waals surface area contributed by atoms with E-state index < -0.39 is 20.2 Å². The van der Waals surface area contributed by atoms with E-state index in [1.807, 2.05) is 0 Å². The summed E-state index contributed by atoms with van der Waals surface area (Å²) in [7, 11) is -8.90. The molecule has 0 spiro atoms. The third kappa shape index (κ3) is 14.1. The van der Waals surface area contributed by atoms with Crippen LogP contribution < -0.4 is 14.6 Å². The van der Waals surface area contributed by atoms with E-state index in [1.165, 1.54) is 60.7 Å². The van der Waals surface area contributed by atoms with Gasteiger partial charge in [0.1, 0.15) is 43.8 Å². The normalized spacial score (nSPS) is 11.2. The van der Waals surface area contributed by atoms with Crippen molar-refractivity contribution in [1.82, 2.24) is 0 Å². The first-order valence-electron chi connectivity index (χ1n) is 15.9. The zero-order valence-electron chi connectivity index (χ0n) is 27.8. The molecule has 0 aliphatic carbocycles. The Morgan fingerprint density at radius 3 is 1.47 bits per heavy atom. The summed E-state index contributed by atoms with van der Waals surface area (Å²) in [5.74, 6) is 1.61. The minimum atomic E-state index is -4.58. The quantitative estimate of drug-likeness (QED) is 0.0657. The van der Waals surface area contributed by atoms with Crippen molar-refractivity contribution in [3.05, 3.63) is 96.1 Å². The van der Waals surface area contributed by atoms with Crippen LogP contribution in [0.2, 0.25) is 0 Å². The van der Waals surface area contributed by atoms with Crippen LogP contribution in [0.15, 0.2) is 94.7 Å². The van der Waals surface area contributed by atoms with Gasteiger partial charge in [0, 0.05) is 11.1 Å². The Bertz CT molecular complexity index is 1680.